The van der Waals surface area contributed by atoms with Gasteiger partial charge in [0.05, 0.1) is 17.5 Å². The molecule has 102 valence electrons. The fraction of sp³-hybridized carbons (Fsp3) is 0.375. The van der Waals surface area contributed by atoms with Crippen LogP contribution in [0, 0.1) is 23.7 Å². The molecular formula is C16H15NO3. The summed E-state index contributed by atoms with van der Waals surface area (Å²) in [5, 5.41) is 8.80. The third-order valence-corrected chi connectivity index (χ3v) is 4.04. The zero-order valence-corrected chi connectivity index (χ0v) is 11.0. The molecule has 0 spiro atoms. The maximum atomic E-state index is 12.4. The molecular weight excluding hydrogens is 254 g/mol. The van der Waals surface area contributed by atoms with Crippen LogP contribution in [0.4, 0.5) is 5.69 Å². The van der Waals surface area contributed by atoms with E-state index in [0.29, 0.717) is 11.3 Å². The van der Waals surface area contributed by atoms with E-state index in [9.17, 15) is 9.59 Å². The van der Waals surface area contributed by atoms with Gasteiger partial charge in [0.1, 0.15) is 6.61 Å². The Morgan fingerprint density at radius 3 is 2.45 bits per heavy atom. The highest BCUT2D eigenvalue weighted by Gasteiger charge is 2.50. The average molecular weight is 269 g/mol. The highest BCUT2D eigenvalue weighted by molar-refractivity contribution is 6.22. The summed E-state index contributed by atoms with van der Waals surface area (Å²) in [5.74, 6) is 4.86. The molecule has 4 heteroatoms. The van der Waals surface area contributed by atoms with Crippen molar-refractivity contribution in [1.29, 1.82) is 0 Å². The van der Waals surface area contributed by atoms with E-state index in [0.717, 1.165) is 19.3 Å². The predicted octanol–water partition coefficient (Wildman–Crippen LogP) is 1.32. The van der Waals surface area contributed by atoms with Gasteiger partial charge in [0, 0.05) is 5.56 Å². The lowest BCUT2D eigenvalue weighted by atomic mass is 10.00. The Hall–Kier alpha value is -2.12. The number of amides is 2. The largest absolute Gasteiger partial charge is 0.384 e. The second-order valence-electron chi connectivity index (χ2n) is 5.13. The number of benzene rings is 1. The number of carbonyl (C=O) groups is 2. The Balaban J connectivity index is 2.01. The van der Waals surface area contributed by atoms with Gasteiger partial charge in [-0.2, -0.15) is 0 Å². The van der Waals surface area contributed by atoms with Gasteiger partial charge >= 0.3 is 0 Å². The van der Waals surface area contributed by atoms with Crippen molar-refractivity contribution in [2.75, 3.05) is 11.5 Å². The predicted molar refractivity (Wildman–Crippen MR) is 73.7 cm³/mol. The van der Waals surface area contributed by atoms with Crippen LogP contribution in [0.1, 0.15) is 24.8 Å². The molecule has 1 aliphatic heterocycles. The quantitative estimate of drug-likeness (QED) is 0.618. The maximum absolute atomic E-state index is 12.4. The van der Waals surface area contributed by atoms with Gasteiger partial charge in [-0.05, 0) is 25.0 Å². The number of aliphatic hydroxyl groups excluding tert-OH is 1. The molecule has 1 heterocycles. The third kappa shape index (κ3) is 1.91. The van der Waals surface area contributed by atoms with Crippen LogP contribution >= 0.6 is 0 Å². The van der Waals surface area contributed by atoms with Crippen molar-refractivity contribution in [3.05, 3.63) is 29.8 Å². The molecule has 2 aliphatic rings. The lowest BCUT2D eigenvalue weighted by molar-refractivity contribution is -0.122. The van der Waals surface area contributed by atoms with Crippen molar-refractivity contribution < 1.29 is 14.7 Å². The van der Waals surface area contributed by atoms with Gasteiger partial charge in [-0.3, -0.25) is 9.59 Å². The average Bonchev–Trinajstić information content (AvgIpc) is 3.02. The lowest BCUT2D eigenvalue weighted by Crippen LogP contribution is -2.32. The molecule has 1 saturated heterocycles. The number of imide groups is 1. The number of fused-ring (bicyclic) bond motifs is 1. The number of hydrogen-bond acceptors (Lipinski definition) is 3. The number of anilines is 1. The Morgan fingerprint density at radius 2 is 1.80 bits per heavy atom. The first-order chi connectivity index (χ1) is 9.74. The number of aliphatic hydroxyl groups is 1. The molecule has 0 radical (unpaired) electrons. The molecule has 1 aromatic rings. The van der Waals surface area contributed by atoms with Crippen molar-refractivity contribution in [1.82, 2.24) is 0 Å². The number of hydrogen-bond donors (Lipinski definition) is 1. The summed E-state index contributed by atoms with van der Waals surface area (Å²) in [5.41, 5.74) is 1.14. The van der Waals surface area contributed by atoms with Gasteiger partial charge in [-0.15, -0.1) is 0 Å². The second kappa shape index (κ2) is 5.10. The minimum absolute atomic E-state index is 0.101. The van der Waals surface area contributed by atoms with Crippen LogP contribution in [-0.2, 0) is 9.59 Å². The molecule has 3 rings (SSSR count). The minimum Gasteiger partial charge on any atom is -0.384 e. The van der Waals surface area contributed by atoms with Crippen LogP contribution in [0.5, 0.6) is 0 Å². The second-order valence-corrected chi connectivity index (χ2v) is 5.13. The summed E-state index contributed by atoms with van der Waals surface area (Å²) >= 11 is 0. The van der Waals surface area contributed by atoms with Crippen LogP contribution in [-0.4, -0.2) is 23.5 Å². The van der Waals surface area contributed by atoms with Gasteiger partial charge in [0.15, 0.2) is 0 Å². The zero-order valence-electron chi connectivity index (χ0n) is 11.0. The fourth-order valence-corrected chi connectivity index (χ4v) is 3.14. The van der Waals surface area contributed by atoms with Crippen LogP contribution in [0.3, 0.4) is 0 Å². The first kappa shape index (κ1) is 12.9. The highest BCUT2D eigenvalue weighted by Crippen LogP contribution is 2.42. The highest BCUT2D eigenvalue weighted by atomic mass is 16.2. The molecule has 0 bridgehead atoms. The van der Waals surface area contributed by atoms with Crippen LogP contribution in [0.15, 0.2) is 24.3 Å². The van der Waals surface area contributed by atoms with Crippen molar-refractivity contribution in [2.24, 2.45) is 11.8 Å². The first-order valence-corrected chi connectivity index (χ1v) is 6.80. The van der Waals surface area contributed by atoms with Gasteiger partial charge < -0.3 is 5.11 Å². The van der Waals surface area contributed by atoms with E-state index in [1.54, 1.807) is 24.3 Å². The lowest BCUT2D eigenvalue weighted by Gasteiger charge is -2.17. The number of nitrogens with zero attached hydrogens (tertiary/aromatic N) is 1. The Kier molecular flexibility index (Phi) is 3.29. The number of para-hydroxylation sites is 1. The van der Waals surface area contributed by atoms with E-state index in [1.807, 2.05) is 0 Å². The van der Waals surface area contributed by atoms with E-state index in [2.05, 4.69) is 11.8 Å². The molecule has 4 nitrogen and oxygen atoms in total. The topological polar surface area (TPSA) is 57.6 Å². The SMILES string of the molecule is O=C1C2CCCC2C(=O)N1c1ccccc1C#CCO. The zero-order chi connectivity index (χ0) is 14.1. The van der Waals surface area contributed by atoms with Crippen molar-refractivity contribution >= 4 is 17.5 Å². The standard InChI is InChI=1S/C16H15NO3/c18-10-4-6-11-5-1-2-9-14(11)17-15(19)12-7-3-8-13(12)16(17)20/h1-2,5,9,12-13,18H,3,7-8,10H2. The maximum Gasteiger partial charge on any atom is 0.237 e. The van der Waals surface area contributed by atoms with E-state index >= 15 is 0 Å². The molecule has 1 aliphatic carbocycles. The molecule has 0 aromatic heterocycles. The third-order valence-electron chi connectivity index (χ3n) is 4.04. The van der Waals surface area contributed by atoms with Gasteiger partial charge in [-0.1, -0.05) is 30.4 Å². The molecule has 2 amide bonds. The van der Waals surface area contributed by atoms with Crippen molar-refractivity contribution in [2.45, 2.75) is 19.3 Å². The molecule has 2 atom stereocenters. The first-order valence-electron chi connectivity index (χ1n) is 6.80. The summed E-state index contributed by atoms with van der Waals surface area (Å²) in [4.78, 5) is 26.2. The van der Waals surface area contributed by atoms with Gasteiger partial charge in [-0.25, -0.2) is 4.90 Å². The smallest absolute Gasteiger partial charge is 0.237 e. The molecule has 1 N–H and O–H groups in total. The molecule has 1 saturated carbocycles. The summed E-state index contributed by atoms with van der Waals surface area (Å²) in [6, 6.07) is 7.08. The molecule has 20 heavy (non-hydrogen) atoms. The Labute approximate surface area is 117 Å². The summed E-state index contributed by atoms with van der Waals surface area (Å²) in [6.07, 6.45) is 2.55. The molecule has 1 aromatic carbocycles. The number of carbonyl (C=O) groups excluding carboxylic acids is 2. The van der Waals surface area contributed by atoms with Crippen LogP contribution in [0.25, 0.3) is 0 Å². The summed E-state index contributed by atoms with van der Waals surface area (Å²) < 4.78 is 0. The van der Waals surface area contributed by atoms with E-state index in [1.165, 1.54) is 4.90 Å². The normalized spacial score (nSPS) is 24.6. The summed E-state index contributed by atoms with van der Waals surface area (Å²) in [7, 11) is 0. The van der Waals surface area contributed by atoms with E-state index in [-0.39, 0.29) is 30.3 Å². The minimum atomic E-state index is -0.249. The van der Waals surface area contributed by atoms with E-state index < -0.39 is 0 Å². The fourth-order valence-electron chi connectivity index (χ4n) is 3.14. The van der Waals surface area contributed by atoms with Gasteiger partial charge in [0.25, 0.3) is 0 Å². The summed E-state index contributed by atoms with van der Waals surface area (Å²) in [6.45, 7) is -0.249. The van der Waals surface area contributed by atoms with Crippen LogP contribution < -0.4 is 4.90 Å². The Morgan fingerprint density at radius 1 is 1.15 bits per heavy atom. The number of rotatable bonds is 1. The molecule has 2 fully saturated rings. The van der Waals surface area contributed by atoms with E-state index in [4.69, 9.17) is 5.11 Å². The monoisotopic (exact) mass is 269 g/mol. The Bertz CT molecular complexity index is 604. The van der Waals surface area contributed by atoms with Crippen LogP contribution in [0.2, 0.25) is 0 Å². The van der Waals surface area contributed by atoms with Gasteiger partial charge in [0.2, 0.25) is 11.8 Å². The van der Waals surface area contributed by atoms with Crippen molar-refractivity contribution in [3.8, 4) is 11.8 Å². The van der Waals surface area contributed by atoms with Crippen molar-refractivity contribution in [3.63, 3.8) is 0 Å². The molecule has 2 unspecified atom stereocenters.